The first-order chi connectivity index (χ1) is 19.0. The zero-order chi connectivity index (χ0) is 29.0. The number of hydrogen-bond acceptors (Lipinski definition) is 6. The molecule has 1 fully saturated rings. The molecule has 0 atom stereocenters. The lowest BCUT2D eigenvalue weighted by Crippen LogP contribution is -2.54. The first kappa shape index (κ1) is 28.5. The molecule has 11 heteroatoms. The van der Waals surface area contributed by atoms with Crippen LogP contribution in [0.4, 0.5) is 20.6 Å². The maximum Gasteiger partial charge on any atom is 0.335 e. The van der Waals surface area contributed by atoms with Crippen LogP contribution in [0.5, 0.6) is 11.5 Å². The number of nitrogens with one attached hydrogen (secondary N) is 2. The van der Waals surface area contributed by atoms with Crippen LogP contribution < -0.4 is 25.0 Å². The van der Waals surface area contributed by atoms with E-state index in [9.17, 15) is 23.6 Å². The average Bonchev–Trinajstić information content (AvgIpc) is 2.87. The van der Waals surface area contributed by atoms with Gasteiger partial charge in [-0.15, -0.1) is 0 Å². The van der Waals surface area contributed by atoms with Crippen LogP contribution in [0.25, 0.3) is 6.08 Å². The first-order valence-corrected chi connectivity index (χ1v) is 13.0. The molecular weight excluding hydrogens is 585 g/mol. The van der Waals surface area contributed by atoms with Crippen LogP contribution >= 0.6 is 15.9 Å². The third-order valence-corrected chi connectivity index (χ3v) is 6.27. The Bertz CT molecular complexity index is 1520. The van der Waals surface area contributed by atoms with Crippen molar-refractivity contribution in [2.75, 3.05) is 23.4 Å². The molecule has 0 unspecified atom stereocenters. The molecule has 0 bridgehead atoms. The van der Waals surface area contributed by atoms with Gasteiger partial charge in [-0.25, -0.2) is 14.1 Å². The van der Waals surface area contributed by atoms with Crippen molar-refractivity contribution in [3.05, 3.63) is 87.2 Å². The Labute approximate surface area is 238 Å². The van der Waals surface area contributed by atoms with Gasteiger partial charge < -0.3 is 14.8 Å². The summed E-state index contributed by atoms with van der Waals surface area (Å²) in [5, 5.41) is 4.82. The minimum Gasteiger partial charge on any atom is -0.490 e. The molecule has 0 saturated carbocycles. The molecule has 1 saturated heterocycles. The largest absolute Gasteiger partial charge is 0.490 e. The number of anilines is 2. The van der Waals surface area contributed by atoms with E-state index in [1.54, 1.807) is 31.2 Å². The summed E-state index contributed by atoms with van der Waals surface area (Å²) >= 11 is 3.40. The average molecular weight is 610 g/mol. The molecule has 0 aliphatic carbocycles. The number of carbonyl (C=O) groups excluding carboxylic acids is 4. The predicted octanol–water partition coefficient (Wildman–Crippen LogP) is 5.29. The van der Waals surface area contributed by atoms with Gasteiger partial charge in [0.05, 0.1) is 16.8 Å². The van der Waals surface area contributed by atoms with Gasteiger partial charge in [-0.05, 0) is 108 Å². The molecule has 1 aliphatic rings. The molecule has 1 heterocycles. The lowest BCUT2D eigenvalue weighted by atomic mass is 10.0. The second-order valence-corrected chi connectivity index (χ2v) is 9.76. The van der Waals surface area contributed by atoms with Gasteiger partial charge in [0.15, 0.2) is 18.1 Å². The highest BCUT2D eigenvalue weighted by Gasteiger charge is 2.37. The number of urea groups is 1. The topological polar surface area (TPSA) is 114 Å². The summed E-state index contributed by atoms with van der Waals surface area (Å²) in [6.45, 7) is 5.33. The normalized spacial score (nSPS) is 14.3. The summed E-state index contributed by atoms with van der Waals surface area (Å²) in [5.74, 6) is -2.03. The summed E-state index contributed by atoms with van der Waals surface area (Å²) in [6, 6.07) is 12.9. The minimum absolute atomic E-state index is 0.227. The molecule has 9 nitrogen and oxygen atoms in total. The van der Waals surface area contributed by atoms with Crippen LogP contribution in [0.2, 0.25) is 0 Å². The summed E-state index contributed by atoms with van der Waals surface area (Å²) in [6.07, 6.45) is 1.35. The maximum absolute atomic E-state index is 13.3. The van der Waals surface area contributed by atoms with Gasteiger partial charge in [0.2, 0.25) is 0 Å². The van der Waals surface area contributed by atoms with Gasteiger partial charge in [0.25, 0.3) is 17.7 Å². The second-order valence-electron chi connectivity index (χ2n) is 8.91. The number of aryl methyl sites for hydroxylation is 2. The van der Waals surface area contributed by atoms with Crippen molar-refractivity contribution in [3.63, 3.8) is 0 Å². The quantitative estimate of drug-likeness (QED) is 0.265. The molecule has 0 aromatic heterocycles. The van der Waals surface area contributed by atoms with Crippen molar-refractivity contribution in [2.45, 2.75) is 20.8 Å². The number of rotatable bonds is 8. The van der Waals surface area contributed by atoms with Gasteiger partial charge in [0, 0.05) is 5.69 Å². The Hall–Kier alpha value is -4.51. The van der Waals surface area contributed by atoms with E-state index in [1.165, 1.54) is 30.3 Å². The highest BCUT2D eigenvalue weighted by Crippen LogP contribution is 2.38. The highest BCUT2D eigenvalue weighted by atomic mass is 79.9. The van der Waals surface area contributed by atoms with Crippen molar-refractivity contribution < 1.29 is 33.0 Å². The fourth-order valence-corrected chi connectivity index (χ4v) is 4.65. The van der Waals surface area contributed by atoms with Crippen molar-refractivity contribution in [1.29, 1.82) is 0 Å². The molecule has 40 heavy (non-hydrogen) atoms. The summed E-state index contributed by atoms with van der Waals surface area (Å²) in [7, 11) is 0. The van der Waals surface area contributed by atoms with E-state index >= 15 is 0 Å². The number of carbonyl (C=O) groups is 4. The van der Waals surface area contributed by atoms with E-state index in [-0.39, 0.29) is 30.3 Å². The molecule has 1 aliphatic heterocycles. The van der Waals surface area contributed by atoms with Crippen LogP contribution in [0.1, 0.15) is 23.6 Å². The van der Waals surface area contributed by atoms with Gasteiger partial charge >= 0.3 is 6.03 Å². The van der Waals surface area contributed by atoms with E-state index < -0.39 is 29.6 Å². The molecule has 2 N–H and O–H groups in total. The lowest BCUT2D eigenvalue weighted by Gasteiger charge is -2.27. The number of imide groups is 2. The van der Waals surface area contributed by atoms with Gasteiger partial charge in [-0.3, -0.25) is 19.7 Å². The van der Waals surface area contributed by atoms with Crippen molar-refractivity contribution in [3.8, 4) is 11.5 Å². The smallest absolute Gasteiger partial charge is 0.335 e. The SMILES string of the molecule is CCOc1cc(/C=C2\C(=O)NC(=O)N(c3cc(C)cc(C)c3)C2=O)cc(Br)c1OCC(=O)Nc1ccc(F)cc1. The van der Waals surface area contributed by atoms with E-state index in [2.05, 4.69) is 26.6 Å². The van der Waals surface area contributed by atoms with E-state index in [0.29, 0.717) is 21.4 Å². The van der Waals surface area contributed by atoms with Crippen molar-refractivity contribution in [2.24, 2.45) is 0 Å². The summed E-state index contributed by atoms with van der Waals surface area (Å²) < 4.78 is 24.9. The van der Waals surface area contributed by atoms with Crippen molar-refractivity contribution >= 4 is 57.1 Å². The zero-order valence-electron chi connectivity index (χ0n) is 21.8. The number of ether oxygens (including phenoxy) is 2. The first-order valence-electron chi connectivity index (χ1n) is 12.2. The Morgan fingerprint density at radius 2 is 1.70 bits per heavy atom. The summed E-state index contributed by atoms with van der Waals surface area (Å²) in [4.78, 5) is 51.8. The number of nitrogens with zero attached hydrogens (tertiary/aromatic N) is 1. The van der Waals surface area contributed by atoms with Crippen molar-refractivity contribution in [1.82, 2.24) is 5.32 Å². The lowest BCUT2D eigenvalue weighted by molar-refractivity contribution is -0.122. The van der Waals surface area contributed by atoms with Crippen LogP contribution in [-0.4, -0.2) is 37.0 Å². The van der Waals surface area contributed by atoms with Gasteiger partial charge in [-0.1, -0.05) is 6.07 Å². The minimum atomic E-state index is -0.837. The third-order valence-electron chi connectivity index (χ3n) is 5.68. The monoisotopic (exact) mass is 609 g/mol. The van der Waals surface area contributed by atoms with E-state index in [0.717, 1.165) is 16.0 Å². The fraction of sp³-hybridized carbons (Fsp3) is 0.172. The molecule has 0 radical (unpaired) electrons. The summed E-state index contributed by atoms with van der Waals surface area (Å²) in [5.41, 5.74) is 2.62. The Kier molecular flexibility index (Phi) is 8.64. The van der Waals surface area contributed by atoms with Crippen LogP contribution in [-0.2, 0) is 14.4 Å². The number of benzene rings is 3. The highest BCUT2D eigenvalue weighted by molar-refractivity contribution is 9.10. The molecule has 206 valence electrons. The second kappa shape index (κ2) is 12.1. The Morgan fingerprint density at radius 3 is 2.35 bits per heavy atom. The zero-order valence-corrected chi connectivity index (χ0v) is 23.4. The maximum atomic E-state index is 13.3. The fourth-order valence-electron chi connectivity index (χ4n) is 4.08. The van der Waals surface area contributed by atoms with Gasteiger partial charge in [0.1, 0.15) is 11.4 Å². The standard InChI is InChI=1S/C29H25BrFN3O6/c1-4-39-24-14-18(13-23(30)26(24)40-15-25(35)32-20-7-5-19(31)6-8-20)12-22-27(36)33-29(38)34(28(22)37)21-10-16(2)9-17(3)11-21/h5-14H,4,15H2,1-3H3,(H,32,35)(H,33,36,38)/b22-12+. The van der Waals surface area contributed by atoms with E-state index in [4.69, 9.17) is 9.47 Å². The Morgan fingerprint density at radius 1 is 1.02 bits per heavy atom. The Balaban J connectivity index is 1.59. The number of barbiturate groups is 1. The predicted molar refractivity (Wildman–Crippen MR) is 151 cm³/mol. The van der Waals surface area contributed by atoms with Gasteiger partial charge in [-0.2, -0.15) is 0 Å². The number of halogens is 2. The number of hydrogen-bond donors (Lipinski definition) is 2. The molecule has 3 aromatic rings. The molecule has 0 spiro atoms. The molecule has 5 amide bonds. The molecule has 4 rings (SSSR count). The van der Waals surface area contributed by atoms with Crippen LogP contribution in [0, 0.1) is 19.7 Å². The molecule has 3 aromatic carbocycles. The number of amides is 5. The van der Waals surface area contributed by atoms with Crippen LogP contribution in [0.3, 0.4) is 0 Å². The third kappa shape index (κ3) is 6.55. The molecular formula is C29H25BrFN3O6. The van der Waals surface area contributed by atoms with E-state index in [1.807, 2.05) is 19.9 Å². The van der Waals surface area contributed by atoms with Crippen LogP contribution in [0.15, 0.2) is 64.6 Å².